The van der Waals surface area contributed by atoms with E-state index in [1.165, 1.54) is 14.2 Å². The summed E-state index contributed by atoms with van der Waals surface area (Å²) >= 11 is 0. The van der Waals surface area contributed by atoms with E-state index in [4.69, 9.17) is 4.74 Å². The summed E-state index contributed by atoms with van der Waals surface area (Å²) in [5, 5.41) is 1.87. The summed E-state index contributed by atoms with van der Waals surface area (Å²) in [5.41, 5.74) is -0.527. The van der Waals surface area contributed by atoms with E-state index < -0.39 is 23.6 Å². The van der Waals surface area contributed by atoms with Gasteiger partial charge in [-0.2, -0.15) is 5.01 Å². The minimum atomic E-state index is -1.22. The van der Waals surface area contributed by atoms with E-state index in [1.54, 1.807) is 0 Å². The smallest absolute Gasteiger partial charge is 0.436 e. The van der Waals surface area contributed by atoms with Crippen LogP contribution >= 0.6 is 0 Å². The molecule has 1 aromatic carbocycles. The number of nitrogens with zero attached hydrogens (tertiary/aromatic N) is 2. The van der Waals surface area contributed by atoms with E-state index in [2.05, 4.69) is 4.74 Å². The van der Waals surface area contributed by atoms with Crippen molar-refractivity contribution >= 4 is 18.1 Å². The molecular weight excluding hydrogens is 324 g/mol. The molecule has 0 N–H and O–H groups in total. The maximum absolute atomic E-state index is 13.2. The Morgan fingerprint density at radius 1 is 1.00 bits per heavy atom. The van der Waals surface area contributed by atoms with Crippen LogP contribution in [0.4, 0.5) is 9.59 Å². The molecule has 0 bridgehead atoms. The average molecular weight is 346 g/mol. The van der Waals surface area contributed by atoms with Crippen molar-refractivity contribution in [3.63, 3.8) is 0 Å². The molecule has 1 atom stereocenters. The SMILES string of the molecule is COC(=O)N1C(=O)[C@@](c2ccccc2)(C2CCCCC2)N1C(=O)OC. The molecule has 2 fully saturated rings. The molecule has 0 spiro atoms. The van der Waals surface area contributed by atoms with Gasteiger partial charge in [-0.1, -0.05) is 49.6 Å². The summed E-state index contributed by atoms with van der Waals surface area (Å²) < 4.78 is 9.56. The van der Waals surface area contributed by atoms with Gasteiger partial charge in [0.25, 0.3) is 5.91 Å². The zero-order valence-electron chi connectivity index (χ0n) is 14.4. The summed E-state index contributed by atoms with van der Waals surface area (Å²) in [7, 11) is 2.41. The minimum absolute atomic E-state index is 0.0730. The number of carbonyl (C=O) groups is 3. The second kappa shape index (κ2) is 6.74. The lowest BCUT2D eigenvalue weighted by Crippen LogP contribution is -2.80. The second-order valence-electron chi connectivity index (χ2n) is 6.34. The van der Waals surface area contributed by atoms with E-state index in [-0.39, 0.29) is 5.92 Å². The minimum Gasteiger partial charge on any atom is -0.451 e. The number of amides is 3. The fraction of sp³-hybridized carbons (Fsp3) is 0.500. The third-order valence-electron chi connectivity index (χ3n) is 5.16. The quantitative estimate of drug-likeness (QED) is 0.822. The van der Waals surface area contributed by atoms with Gasteiger partial charge in [-0.3, -0.25) is 4.79 Å². The zero-order valence-corrected chi connectivity index (χ0v) is 14.4. The van der Waals surface area contributed by atoms with Gasteiger partial charge in [-0.25, -0.2) is 9.59 Å². The second-order valence-corrected chi connectivity index (χ2v) is 6.34. The van der Waals surface area contributed by atoms with Gasteiger partial charge in [0.05, 0.1) is 14.2 Å². The number of hydrazine groups is 1. The Kier molecular flexibility index (Phi) is 4.65. The Bertz CT molecular complexity index is 671. The normalized spacial score (nSPS) is 23.8. The lowest BCUT2D eigenvalue weighted by atomic mass is 9.67. The highest BCUT2D eigenvalue weighted by molar-refractivity contribution is 6.06. The van der Waals surface area contributed by atoms with E-state index in [9.17, 15) is 14.4 Å². The fourth-order valence-electron chi connectivity index (χ4n) is 4.06. The molecule has 1 aliphatic heterocycles. The predicted molar refractivity (Wildman–Crippen MR) is 88.2 cm³/mol. The number of carbonyl (C=O) groups excluding carboxylic acids is 3. The Morgan fingerprint density at radius 2 is 1.60 bits per heavy atom. The summed E-state index contributed by atoms with van der Waals surface area (Å²) in [6.07, 6.45) is 3.05. The molecule has 0 aromatic heterocycles. The van der Waals surface area contributed by atoms with Crippen molar-refractivity contribution in [2.75, 3.05) is 14.2 Å². The molecule has 2 aliphatic rings. The highest BCUT2D eigenvalue weighted by atomic mass is 16.6. The third kappa shape index (κ3) is 2.45. The van der Waals surface area contributed by atoms with E-state index in [1.807, 2.05) is 30.3 Å². The number of ether oxygens (including phenoxy) is 2. The summed E-state index contributed by atoms with van der Waals surface area (Å²) in [4.78, 5) is 37.8. The lowest BCUT2D eigenvalue weighted by molar-refractivity contribution is -0.213. The number of hydrogen-bond donors (Lipinski definition) is 0. The van der Waals surface area contributed by atoms with Crippen LogP contribution in [0.25, 0.3) is 0 Å². The molecule has 134 valence electrons. The van der Waals surface area contributed by atoms with Crippen LogP contribution in [0.1, 0.15) is 37.7 Å². The molecule has 1 aromatic rings. The van der Waals surface area contributed by atoms with Crippen molar-refractivity contribution in [2.24, 2.45) is 5.92 Å². The molecule has 1 heterocycles. The van der Waals surface area contributed by atoms with Crippen LogP contribution in [0.3, 0.4) is 0 Å². The van der Waals surface area contributed by atoms with Gasteiger partial charge in [0.15, 0.2) is 5.54 Å². The number of benzene rings is 1. The van der Waals surface area contributed by atoms with Crippen molar-refractivity contribution in [3.05, 3.63) is 35.9 Å². The van der Waals surface area contributed by atoms with Crippen LogP contribution < -0.4 is 0 Å². The molecule has 7 heteroatoms. The standard InChI is InChI=1S/C18H22N2O5/c1-24-16(22)19-15(21)18(20(19)17(23)25-2,13-9-5-3-6-10-13)14-11-7-4-8-12-14/h3,5-6,9-10,14H,4,7-8,11-12H2,1-2H3/t18-/m1/s1. The molecule has 0 unspecified atom stereocenters. The Morgan fingerprint density at radius 3 is 2.16 bits per heavy atom. The molecule has 1 saturated heterocycles. The van der Waals surface area contributed by atoms with Crippen LogP contribution in [-0.2, 0) is 19.8 Å². The van der Waals surface area contributed by atoms with Crippen molar-refractivity contribution in [2.45, 2.75) is 37.6 Å². The van der Waals surface area contributed by atoms with Crippen LogP contribution in [-0.4, -0.2) is 42.3 Å². The van der Waals surface area contributed by atoms with Crippen LogP contribution in [0.5, 0.6) is 0 Å². The topological polar surface area (TPSA) is 76.2 Å². The van der Waals surface area contributed by atoms with Crippen LogP contribution in [0.2, 0.25) is 0 Å². The van der Waals surface area contributed by atoms with E-state index in [0.29, 0.717) is 5.56 Å². The summed E-state index contributed by atoms with van der Waals surface area (Å²) in [6, 6.07) is 9.13. The molecule has 0 radical (unpaired) electrons. The molecule has 1 aliphatic carbocycles. The average Bonchev–Trinajstić information content (AvgIpc) is 2.67. The van der Waals surface area contributed by atoms with Gasteiger partial charge < -0.3 is 9.47 Å². The maximum atomic E-state index is 13.2. The molecule has 1 saturated carbocycles. The lowest BCUT2D eigenvalue weighted by Gasteiger charge is -2.58. The molecular formula is C18H22N2O5. The number of rotatable bonds is 2. The number of hydrogen-bond acceptors (Lipinski definition) is 5. The zero-order chi connectivity index (χ0) is 18.0. The summed E-state index contributed by atoms with van der Waals surface area (Å²) in [6.45, 7) is 0. The van der Waals surface area contributed by atoms with Crippen molar-refractivity contribution < 1.29 is 23.9 Å². The first-order valence-electron chi connectivity index (χ1n) is 8.45. The van der Waals surface area contributed by atoms with Gasteiger partial charge in [0.2, 0.25) is 0 Å². The predicted octanol–water partition coefficient (Wildman–Crippen LogP) is 3.05. The molecule has 25 heavy (non-hydrogen) atoms. The van der Waals surface area contributed by atoms with Crippen molar-refractivity contribution in [1.29, 1.82) is 0 Å². The Hall–Kier alpha value is -2.57. The first-order chi connectivity index (χ1) is 12.1. The number of methoxy groups -OCH3 is 2. The van der Waals surface area contributed by atoms with Crippen molar-refractivity contribution in [1.82, 2.24) is 10.0 Å². The number of imide groups is 1. The van der Waals surface area contributed by atoms with E-state index >= 15 is 0 Å². The van der Waals surface area contributed by atoms with Gasteiger partial charge in [-0.05, 0) is 24.3 Å². The van der Waals surface area contributed by atoms with Crippen LogP contribution in [0.15, 0.2) is 30.3 Å². The highest BCUT2D eigenvalue weighted by Gasteiger charge is 2.69. The molecule has 3 rings (SSSR count). The molecule has 3 amide bonds. The van der Waals surface area contributed by atoms with Crippen LogP contribution in [0, 0.1) is 5.92 Å². The fourth-order valence-corrected chi connectivity index (χ4v) is 4.06. The Balaban J connectivity index is 2.13. The van der Waals surface area contributed by atoms with E-state index in [0.717, 1.165) is 42.1 Å². The Labute approximate surface area is 146 Å². The summed E-state index contributed by atoms with van der Waals surface area (Å²) in [5.74, 6) is -0.515. The monoisotopic (exact) mass is 346 g/mol. The van der Waals surface area contributed by atoms with Gasteiger partial charge in [-0.15, -0.1) is 5.01 Å². The first kappa shape index (κ1) is 17.3. The van der Waals surface area contributed by atoms with Gasteiger partial charge in [0, 0.05) is 0 Å². The first-order valence-corrected chi connectivity index (χ1v) is 8.45. The van der Waals surface area contributed by atoms with Crippen molar-refractivity contribution in [3.8, 4) is 0 Å². The van der Waals surface area contributed by atoms with Gasteiger partial charge in [0.1, 0.15) is 0 Å². The highest BCUT2D eigenvalue weighted by Crippen LogP contribution is 2.51. The van der Waals surface area contributed by atoms with Gasteiger partial charge >= 0.3 is 12.2 Å². The maximum Gasteiger partial charge on any atom is 0.436 e. The largest absolute Gasteiger partial charge is 0.451 e. The molecule has 7 nitrogen and oxygen atoms in total. The third-order valence-corrected chi connectivity index (χ3v) is 5.16.